The fourth-order valence-corrected chi connectivity index (χ4v) is 3.50. The molecule has 0 heterocycles. The molecule has 0 aromatic heterocycles. The predicted molar refractivity (Wildman–Crippen MR) is 125 cm³/mol. The van der Waals surface area contributed by atoms with Crippen molar-refractivity contribution in [3.63, 3.8) is 0 Å². The first-order valence-corrected chi connectivity index (χ1v) is 10.9. The van der Waals surface area contributed by atoms with Crippen LogP contribution in [-0.2, 0) is 16.2 Å². The van der Waals surface area contributed by atoms with Gasteiger partial charge < -0.3 is 19.9 Å². The number of carbonyl (C=O) groups is 2. The number of hydrogen-bond donors (Lipinski definition) is 2. The fraction of sp³-hybridized carbons (Fsp3) is 0.304. The highest BCUT2D eigenvalue weighted by atomic mass is 79.9. The van der Waals surface area contributed by atoms with Gasteiger partial charge in [0.2, 0.25) is 5.91 Å². The molecule has 6 nitrogen and oxygen atoms in total. The second kappa shape index (κ2) is 11.8. The Bertz CT molecular complexity index is 961. The molecule has 0 unspecified atom stereocenters. The number of carbonyl (C=O) groups excluding carboxylic acids is 1. The van der Waals surface area contributed by atoms with E-state index in [-0.39, 0.29) is 12.5 Å². The molecule has 0 aliphatic carbocycles. The lowest BCUT2D eigenvalue weighted by atomic mass is 10.0. The number of carboxylic acid groups (broad SMARTS) is 1. The summed E-state index contributed by atoms with van der Waals surface area (Å²) in [4.78, 5) is 23.4. The number of nitrogens with one attached hydrogen (secondary N) is 1. The van der Waals surface area contributed by atoms with Gasteiger partial charge in [-0.05, 0) is 58.6 Å². The minimum atomic E-state index is -1.07. The first-order chi connectivity index (χ1) is 14.7. The fourth-order valence-electron chi connectivity index (χ4n) is 2.74. The lowest BCUT2D eigenvalue weighted by Gasteiger charge is -2.17. The molecule has 2 aromatic rings. The molecule has 166 valence electrons. The van der Waals surface area contributed by atoms with Crippen LogP contribution in [0.1, 0.15) is 31.9 Å². The summed E-state index contributed by atoms with van der Waals surface area (Å²) < 4.78 is 12.3. The Morgan fingerprint density at radius 3 is 2.55 bits per heavy atom. The molecular weight excluding hydrogens is 486 g/mol. The molecule has 0 aliphatic heterocycles. The van der Waals surface area contributed by atoms with E-state index >= 15 is 0 Å². The quantitative estimate of drug-likeness (QED) is 0.423. The van der Waals surface area contributed by atoms with Gasteiger partial charge in [-0.3, -0.25) is 4.79 Å². The van der Waals surface area contributed by atoms with E-state index in [0.29, 0.717) is 33.2 Å². The second-order valence-electron chi connectivity index (χ2n) is 7.04. The normalized spacial score (nSPS) is 12.1. The molecule has 1 atom stereocenters. The predicted octanol–water partition coefficient (Wildman–Crippen LogP) is 5.32. The molecule has 0 saturated carbocycles. The Labute approximate surface area is 195 Å². The number of ether oxygens (including phenoxy) is 2. The zero-order valence-electron chi connectivity index (χ0n) is 17.5. The van der Waals surface area contributed by atoms with Crippen molar-refractivity contribution >= 4 is 45.5 Å². The summed E-state index contributed by atoms with van der Waals surface area (Å²) in [5, 5.41) is 12.3. The van der Waals surface area contributed by atoms with Crippen LogP contribution < -0.4 is 14.8 Å². The molecule has 2 aromatic carbocycles. The Balaban J connectivity index is 2.18. The number of halogens is 2. The van der Waals surface area contributed by atoms with Gasteiger partial charge in [-0.2, -0.15) is 0 Å². The maximum Gasteiger partial charge on any atom is 0.326 e. The summed E-state index contributed by atoms with van der Waals surface area (Å²) in [6.45, 7) is 6.02. The lowest BCUT2D eigenvalue weighted by molar-refractivity contribution is -0.142. The molecule has 0 aliphatic rings. The van der Waals surface area contributed by atoms with Gasteiger partial charge in [0.05, 0.1) is 11.1 Å². The Hall–Kier alpha value is -2.51. The van der Waals surface area contributed by atoms with Gasteiger partial charge in [-0.1, -0.05) is 43.6 Å². The molecular formula is C23H25BrClNO5. The molecule has 31 heavy (non-hydrogen) atoms. The first kappa shape index (κ1) is 24.8. The largest absolute Gasteiger partial charge is 0.490 e. The zero-order valence-corrected chi connectivity index (χ0v) is 19.9. The van der Waals surface area contributed by atoms with Gasteiger partial charge in [-0.15, -0.1) is 0 Å². The second-order valence-corrected chi connectivity index (χ2v) is 8.31. The molecule has 0 fully saturated rings. The van der Waals surface area contributed by atoms with Crippen molar-refractivity contribution in [3.8, 4) is 11.5 Å². The van der Waals surface area contributed by atoms with Crippen molar-refractivity contribution in [2.75, 3.05) is 6.61 Å². The van der Waals surface area contributed by atoms with Gasteiger partial charge in [0.15, 0.2) is 11.5 Å². The van der Waals surface area contributed by atoms with E-state index in [2.05, 4.69) is 21.2 Å². The van der Waals surface area contributed by atoms with Crippen molar-refractivity contribution in [1.29, 1.82) is 0 Å². The lowest BCUT2D eigenvalue weighted by Crippen LogP contribution is -2.43. The third kappa shape index (κ3) is 7.29. The average Bonchev–Trinajstić information content (AvgIpc) is 2.70. The van der Waals surface area contributed by atoms with E-state index in [1.165, 1.54) is 6.08 Å². The number of carboxylic acids is 1. The van der Waals surface area contributed by atoms with Crippen LogP contribution >= 0.6 is 27.5 Å². The summed E-state index contributed by atoms with van der Waals surface area (Å²) in [6.07, 6.45) is 2.87. The smallest absolute Gasteiger partial charge is 0.326 e. The van der Waals surface area contributed by atoms with Gasteiger partial charge >= 0.3 is 5.97 Å². The van der Waals surface area contributed by atoms with Crippen molar-refractivity contribution in [2.24, 2.45) is 5.92 Å². The van der Waals surface area contributed by atoms with Gasteiger partial charge in [0.25, 0.3) is 0 Å². The number of rotatable bonds is 10. The monoisotopic (exact) mass is 509 g/mol. The highest BCUT2D eigenvalue weighted by Crippen LogP contribution is 2.38. The van der Waals surface area contributed by atoms with Crippen molar-refractivity contribution in [2.45, 2.75) is 33.4 Å². The molecule has 1 amide bonds. The first-order valence-electron chi connectivity index (χ1n) is 9.76. The van der Waals surface area contributed by atoms with E-state index in [0.717, 1.165) is 5.56 Å². The third-order valence-corrected chi connectivity index (χ3v) is 5.28. The molecule has 2 N–H and O–H groups in total. The number of aliphatic carboxylic acids is 1. The third-order valence-electron chi connectivity index (χ3n) is 4.32. The van der Waals surface area contributed by atoms with Crippen LogP contribution in [0.2, 0.25) is 5.02 Å². The van der Waals surface area contributed by atoms with Crippen molar-refractivity contribution in [3.05, 3.63) is 63.1 Å². The van der Waals surface area contributed by atoms with E-state index in [9.17, 15) is 14.7 Å². The Morgan fingerprint density at radius 1 is 1.23 bits per heavy atom. The van der Waals surface area contributed by atoms with Gasteiger partial charge in [-0.25, -0.2) is 4.79 Å². The summed E-state index contributed by atoms with van der Waals surface area (Å²) in [5.41, 5.74) is 1.53. The summed E-state index contributed by atoms with van der Waals surface area (Å²) >= 11 is 9.69. The van der Waals surface area contributed by atoms with Crippen LogP contribution in [0, 0.1) is 5.92 Å². The average molecular weight is 511 g/mol. The zero-order chi connectivity index (χ0) is 23.0. The number of amides is 1. The Kier molecular flexibility index (Phi) is 9.40. The van der Waals surface area contributed by atoms with Crippen molar-refractivity contribution < 1.29 is 24.2 Å². The molecule has 0 saturated heterocycles. The van der Waals surface area contributed by atoms with Gasteiger partial charge in [0.1, 0.15) is 12.6 Å². The van der Waals surface area contributed by atoms with E-state index < -0.39 is 17.9 Å². The van der Waals surface area contributed by atoms with E-state index in [1.54, 1.807) is 38.1 Å². The van der Waals surface area contributed by atoms with E-state index in [4.69, 9.17) is 21.1 Å². The highest BCUT2D eigenvalue weighted by molar-refractivity contribution is 9.10. The molecule has 8 heteroatoms. The van der Waals surface area contributed by atoms with Crippen molar-refractivity contribution in [1.82, 2.24) is 5.32 Å². The van der Waals surface area contributed by atoms with Crippen LogP contribution in [-0.4, -0.2) is 29.6 Å². The standard InChI is InChI=1S/C23H25BrClNO5/c1-4-30-19-12-15(9-10-20(27)26-21(14(2)3)23(28)29)11-17(24)22(19)31-13-16-7-5-6-8-18(16)25/h5-12,14,21H,4,13H2,1-3H3,(H,26,27)(H,28,29)/b10-9+/t21-/m1/s1. The Morgan fingerprint density at radius 2 is 1.94 bits per heavy atom. The topological polar surface area (TPSA) is 84.9 Å². The SMILES string of the molecule is CCOc1cc(/C=C/C(=O)N[C@@H](C(=O)O)C(C)C)cc(Br)c1OCc1ccccc1Cl. The van der Waals surface area contributed by atoms with Gasteiger partial charge in [0, 0.05) is 16.7 Å². The molecule has 0 radical (unpaired) electrons. The summed E-state index contributed by atoms with van der Waals surface area (Å²) in [5.74, 6) is -0.765. The molecule has 2 rings (SSSR count). The van der Waals surface area contributed by atoms with Crippen LogP contribution in [0.25, 0.3) is 6.08 Å². The maximum absolute atomic E-state index is 12.1. The summed E-state index contributed by atoms with van der Waals surface area (Å²) in [6, 6.07) is 9.99. The maximum atomic E-state index is 12.1. The number of benzene rings is 2. The van der Waals surface area contributed by atoms with Crippen LogP contribution in [0.3, 0.4) is 0 Å². The minimum absolute atomic E-state index is 0.233. The van der Waals surface area contributed by atoms with Crippen LogP contribution in [0.15, 0.2) is 46.9 Å². The molecule has 0 bridgehead atoms. The summed E-state index contributed by atoms with van der Waals surface area (Å²) in [7, 11) is 0. The van der Waals surface area contributed by atoms with Crippen LogP contribution in [0.4, 0.5) is 0 Å². The minimum Gasteiger partial charge on any atom is -0.490 e. The highest BCUT2D eigenvalue weighted by Gasteiger charge is 2.22. The van der Waals surface area contributed by atoms with Crippen LogP contribution in [0.5, 0.6) is 11.5 Å². The molecule has 0 spiro atoms. The number of hydrogen-bond acceptors (Lipinski definition) is 4. The van der Waals surface area contributed by atoms with E-state index in [1.807, 2.05) is 25.1 Å².